The summed E-state index contributed by atoms with van der Waals surface area (Å²) in [6.07, 6.45) is 1.10. The van der Waals surface area contributed by atoms with E-state index < -0.39 is 12.7 Å². The number of halogens is 1. The molecule has 2 unspecified atom stereocenters. The molecule has 2 amide bonds. The van der Waals surface area contributed by atoms with E-state index in [1.807, 2.05) is 13.0 Å². The fourth-order valence-electron chi connectivity index (χ4n) is 5.58. The normalized spacial score (nSPS) is 30.8. The van der Waals surface area contributed by atoms with Gasteiger partial charge in [0.25, 0.3) is 0 Å². The monoisotopic (exact) mass is 416 g/mol. The number of anilines is 1. The first-order valence-electron chi connectivity index (χ1n) is 10.6. The van der Waals surface area contributed by atoms with Crippen molar-refractivity contribution in [1.29, 1.82) is 0 Å². The number of carbonyl (C=O) groups excluding carboxylic acids is 3. The summed E-state index contributed by atoms with van der Waals surface area (Å²) < 4.78 is 20.5. The van der Waals surface area contributed by atoms with Gasteiger partial charge in [-0.05, 0) is 47.8 Å². The molecule has 3 fully saturated rings. The topological polar surface area (TPSA) is 87.2 Å². The van der Waals surface area contributed by atoms with Crippen LogP contribution in [0, 0.1) is 17.7 Å². The number of amides is 2. The van der Waals surface area contributed by atoms with Gasteiger partial charge >= 0.3 is 6.09 Å². The van der Waals surface area contributed by atoms with E-state index in [-0.39, 0.29) is 47.4 Å². The number of nitrogens with zero attached hydrogens (tertiary/aromatic N) is 2. The molecule has 1 aromatic carbocycles. The van der Waals surface area contributed by atoms with Crippen LogP contribution in [0.3, 0.4) is 0 Å². The summed E-state index contributed by atoms with van der Waals surface area (Å²) in [7, 11) is 0. The molecule has 0 spiro atoms. The van der Waals surface area contributed by atoms with Gasteiger partial charge < -0.3 is 14.7 Å². The standard InChI is InChI=1S/C22H25FN2O5/c1-2-12(27)3-4-19-18-6-11-5-13(16(23)7-17(11)25(18)22(29)30-19)21-14-8-24(9-15(14)21)20(28)10-26/h5,7,14-15,18-19,21,26H,2-4,6,8-10H2,1H3/t14?,15?,18-,19-,21?/m0/s1. The highest BCUT2D eigenvalue weighted by Gasteiger charge is 2.58. The van der Waals surface area contributed by atoms with Gasteiger partial charge in [-0.1, -0.05) is 13.0 Å². The number of piperidine rings is 1. The van der Waals surface area contributed by atoms with E-state index in [1.165, 1.54) is 6.07 Å². The zero-order valence-corrected chi connectivity index (χ0v) is 16.8. The maximum atomic E-state index is 15.0. The van der Waals surface area contributed by atoms with Crippen LogP contribution in [-0.2, 0) is 20.7 Å². The average molecular weight is 416 g/mol. The molecule has 3 heterocycles. The molecule has 4 aliphatic rings. The number of likely N-dealkylation sites (tertiary alicyclic amines) is 1. The van der Waals surface area contributed by atoms with Crippen LogP contribution in [0.2, 0.25) is 0 Å². The Kier molecular flexibility index (Phi) is 4.57. The van der Waals surface area contributed by atoms with Gasteiger partial charge in [0.15, 0.2) is 0 Å². The summed E-state index contributed by atoms with van der Waals surface area (Å²) >= 11 is 0. The van der Waals surface area contributed by atoms with Gasteiger partial charge in [0, 0.05) is 25.9 Å². The summed E-state index contributed by atoms with van der Waals surface area (Å²) in [4.78, 5) is 38.9. The summed E-state index contributed by atoms with van der Waals surface area (Å²) in [5.74, 6) is 0.0770. The molecule has 4 atom stereocenters. The molecule has 0 aromatic heterocycles. The third-order valence-electron chi connectivity index (χ3n) is 7.24. The molecule has 7 nitrogen and oxygen atoms in total. The highest BCUT2D eigenvalue weighted by Crippen LogP contribution is 2.59. The zero-order chi connectivity index (χ0) is 21.2. The van der Waals surface area contributed by atoms with E-state index in [4.69, 9.17) is 9.84 Å². The lowest BCUT2D eigenvalue weighted by Gasteiger charge is -2.19. The molecule has 3 aliphatic heterocycles. The van der Waals surface area contributed by atoms with E-state index in [1.54, 1.807) is 9.80 Å². The van der Waals surface area contributed by atoms with E-state index in [9.17, 15) is 14.4 Å². The molecule has 30 heavy (non-hydrogen) atoms. The van der Waals surface area contributed by atoms with Crippen molar-refractivity contribution in [3.63, 3.8) is 0 Å². The Hall–Kier alpha value is -2.48. The Morgan fingerprint density at radius 2 is 2.00 bits per heavy atom. The first-order chi connectivity index (χ1) is 14.4. The van der Waals surface area contributed by atoms with Crippen LogP contribution in [0.4, 0.5) is 14.9 Å². The van der Waals surface area contributed by atoms with E-state index >= 15 is 4.39 Å². The number of hydrogen-bond donors (Lipinski definition) is 1. The SMILES string of the molecule is CCC(=O)CC[C@@H]1OC(=O)N2c3cc(F)c(C4C5CN(C(=O)CO)CC54)cc3C[C@@H]12. The van der Waals surface area contributed by atoms with Crippen LogP contribution in [-0.4, -0.2) is 59.6 Å². The number of aliphatic hydroxyl groups is 1. The summed E-state index contributed by atoms with van der Waals surface area (Å²) in [5.41, 5.74) is 2.17. The quantitative estimate of drug-likeness (QED) is 0.767. The Labute approximate surface area is 173 Å². The average Bonchev–Trinajstić information content (AvgIpc) is 3.07. The molecule has 0 bridgehead atoms. The highest BCUT2D eigenvalue weighted by molar-refractivity contribution is 5.94. The van der Waals surface area contributed by atoms with E-state index in [2.05, 4.69) is 0 Å². The van der Waals surface area contributed by atoms with E-state index in [0.717, 1.165) is 5.56 Å². The van der Waals surface area contributed by atoms with Crippen LogP contribution in [0.15, 0.2) is 12.1 Å². The Bertz CT molecular complexity index is 922. The number of fused-ring (bicyclic) bond motifs is 4. The van der Waals surface area contributed by atoms with E-state index in [0.29, 0.717) is 50.0 Å². The summed E-state index contributed by atoms with van der Waals surface area (Å²) in [6.45, 7) is 2.44. The number of carbonyl (C=O) groups is 3. The predicted octanol–water partition coefficient (Wildman–Crippen LogP) is 2.00. The highest BCUT2D eigenvalue weighted by atomic mass is 19.1. The number of aliphatic hydroxyl groups excluding tert-OH is 1. The fourth-order valence-corrected chi connectivity index (χ4v) is 5.58. The third-order valence-corrected chi connectivity index (χ3v) is 7.24. The molecular formula is C22H25FN2O5. The molecule has 2 saturated heterocycles. The molecule has 1 aliphatic carbocycles. The summed E-state index contributed by atoms with van der Waals surface area (Å²) in [6, 6.07) is 3.13. The van der Waals surface area contributed by atoms with Crippen LogP contribution >= 0.6 is 0 Å². The van der Waals surface area contributed by atoms with Crippen LogP contribution in [0.1, 0.15) is 43.2 Å². The van der Waals surface area contributed by atoms with Crippen LogP contribution < -0.4 is 4.90 Å². The van der Waals surface area contributed by atoms with Gasteiger partial charge in [-0.15, -0.1) is 0 Å². The minimum Gasteiger partial charge on any atom is -0.444 e. The largest absolute Gasteiger partial charge is 0.444 e. The van der Waals surface area contributed by atoms with Gasteiger partial charge in [0.05, 0.1) is 11.7 Å². The molecule has 1 saturated carbocycles. The lowest BCUT2D eigenvalue weighted by atomic mass is 9.98. The van der Waals surface area contributed by atoms with Crippen molar-refractivity contribution in [1.82, 2.24) is 4.90 Å². The van der Waals surface area contributed by atoms with Crippen molar-refractivity contribution in [2.75, 3.05) is 24.6 Å². The van der Waals surface area contributed by atoms with Crippen molar-refractivity contribution >= 4 is 23.5 Å². The summed E-state index contributed by atoms with van der Waals surface area (Å²) in [5, 5.41) is 9.02. The maximum Gasteiger partial charge on any atom is 0.415 e. The number of ketones is 1. The minimum absolute atomic E-state index is 0.0819. The first-order valence-corrected chi connectivity index (χ1v) is 10.6. The molecule has 1 aromatic rings. The van der Waals surface area contributed by atoms with Crippen molar-refractivity contribution in [3.05, 3.63) is 29.1 Å². The molecule has 5 rings (SSSR count). The van der Waals surface area contributed by atoms with Gasteiger partial charge in [-0.2, -0.15) is 0 Å². The van der Waals surface area contributed by atoms with Gasteiger partial charge in [-0.3, -0.25) is 14.5 Å². The van der Waals surface area contributed by atoms with Crippen LogP contribution in [0.25, 0.3) is 0 Å². The van der Waals surface area contributed by atoms with Crippen molar-refractivity contribution in [2.45, 2.75) is 50.7 Å². The van der Waals surface area contributed by atoms with Crippen molar-refractivity contribution in [2.24, 2.45) is 11.8 Å². The second-order valence-electron chi connectivity index (χ2n) is 8.81. The van der Waals surface area contributed by atoms with Crippen molar-refractivity contribution < 1.29 is 28.6 Å². The number of benzene rings is 1. The van der Waals surface area contributed by atoms with Gasteiger partial charge in [0.2, 0.25) is 5.91 Å². The fraction of sp³-hybridized carbons (Fsp3) is 0.591. The predicted molar refractivity (Wildman–Crippen MR) is 105 cm³/mol. The Balaban J connectivity index is 1.32. The third kappa shape index (κ3) is 2.92. The number of hydrogen-bond acceptors (Lipinski definition) is 5. The number of rotatable bonds is 6. The smallest absolute Gasteiger partial charge is 0.415 e. The van der Waals surface area contributed by atoms with Crippen LogP contribution in [0.5, 0.6) is 0 Å². The molecule has 8 heteroatoms. The molecule has 0 radical (unpaired) electrons. The second kappa shape index (κ2) is 7.04. The first kappa shape index (κ1) is 19.5. The Morgan fingerprint density at radius 3 is 2.67 bits per heavy atom. The minimum atomic E-state index is -0.490. The van der Waals surface area contributed by atoms with Gasteiger partial charge in [-0.25, -0.2) is 9.18 Å². The second-order valence-corrected chi connectivity index (χ2v) is 8.81. The molecule has 1 N–H and O–H groups in total. The maximum absolute atomic E-state index is 15.0. The lowest BCUT2D eigenvalue weighted by Crippen LogP contribution is -2.33. The number of Topliss-reactive ketones (excluding diaryl/α,β-unsaturated/α-hetero) is 1. The zero-order valence-electron chi connectivity index (χ0n) is 16.8. The van der Waals surface area contributed by atoms with Gasteiger partial charge in [0.1, 0.15) is 24.3 Å². The number of ether oxygens (including phenoxy) is 1. The lowest BCUT2D eigenvalue weighted by molar-refractivity contribution is -0.133. The Morgan fingerprint density at radius 1 is 1.27 bits per heavy atom. The van der Waals surface area contributed by atoms with Crippen molar-refractivity contribution in [3.8, 4) is 0 Å². The number of cyclic esters (lactones) is 1. The molecule has 160 valence electrons. The molecular weight excluding hydrogens is 391 g/mol.